The molecule has 0 aliphatic heterocycles. The monoisotopic (exact) mass is 192 g/mol. The Morgan fingerprint density at radius 1 is 1.14 bits per heavy atom. The fourth-order valence-electron chi connectivity index (χ4n) is 1.74. The van der Waals surface area contributed by atoms with Gasteiger partial charge in [0.2, 0.25) is 0 Å². The van der Waals surface area contributed by atoms with Crippen molar-refractivity contribution in [1.29, 1.82) is 0 Å². The highest BCUT2D eigenvalue weighted by atomic mass is 16.3. The van der Waals surface area contributed by atoms with Gasteiger partial charge in [0.1, 0.15) is 0 Å². The van der Waals surface area contributed by atoms with Gasteiger partial charge in [-0.05, 0) is 32.8 Å². The van der Waals surface area contributed by atoms with Gasteiger partial charge in [-0.25, -0.2) is 0 Å². The molecule has 1 N–H and O–H groups in total. The van der Waals surface area contributed by atoms with Gasteiger partial charge in [0, 0.05) is 6.42 Å². The third-order valence-corrected chi connectivity index (χ3v) is 2.63. The van der Waals surface area contributed by atoms with Crippen molar-refractivity contribution in [2.45, 2.75) is 46.1 Å². The van der Waals surface area contributed by atoms with E-state index in [1.54, 1.807) is 0 Å². The Morgan fingerprint density at radius 3 is 2.07 bits per heavy atom. The molecule has 0 aliphatic carbocycles. The van der Waals surface area contributed by atoms with E-state index in [1.807, 2.05) is 13.8 Å². The van der Waals surface area contributed by atoms with E-state index in [4.69, 9.17) is 0 Å². The van der Waals surface area contributed by atoms with E-state index in [2.05, 4.69) is 32.0 Å². The van der Waals surface area contributed by atoms with Crippen molar-refractivity contribution < 1.29 is 5.11 Å². The molecule has 78 valence electrons. The van der Waals surface area contributed by atoms with Crippen molar-refractivity contribution in [3.8, 4) is 0 Å². The van der Waals surface area contributed by atoms with Crippen LogP contribution in [0.1, 0.15) is 37.0 Å². The van der Waals surface area contributed by atoms with Crippen LogP contribution >= 0.6 is 0 Å². The number of aliphatic hydroxyl groups is 1. The summed E-state index contributed by atoms with van der Waals surface area (Å²) < 4.78 is 0. The maximum Gasteiger partial charge on any atom is 0.0657 e. The Hall–Kier alpha value is -0.820. The zero-order chi connectivity index (χ0) is 10.8. The van der Waals surface area contributed by atoms with Crippen LogP contribution < -0.4 is 0 Å². The first-order chi connectivity index (χ1) is 6.43. The summed E-state index contributed by atoms with van der Waals surface area (Å²) in [7, 11) is 0. The summed E-state index contributed by atoms with van der Waals surface area (Å²) in [5, 5.41) is 9.96. The molecule has 1 nitrogen and oxygen atoms in total. The molecular formula is C13H20O. The number of rotatable bonds is 3. The van der Waals surface area contributed by atoms with Crippen molar-refractivity contribution in [2.75, 3.05) is 0 Å². The van der Waals surface area contributed by atoms with Crippen LogP contribution in [0, 0.1) is 13.8 Å². The van der Waals surface area contributed by atoms with E-state index < -0.39 is 5.60 Å². The average molecular weight is 192 g/mol. The van der Waals surface area contributed by atoms with Crippen LogP contribution in [-0.2, 0) is 6.42 Å². The molecule has 0 saturated heterocycles. The van der Waals surface area contributed by atoms with Gasteiger partial charge in [-0.15, -0.1) is 0 Å². The SMILES string of the molecule is CCC(C)(O)Cc1cc(C)cc(C)c1. The van der Waals surface area contributed by atoms with E-state index in [9.17, 15) is 5.11 Å². The van der Waals surface area contributed by atoms with Crippen molar-refractivity contribution in [3.63, 3.8) is 0 Å². The predicted molar refractivity (Wildman–Crippen MR) is 60.5 cm³/mol. The van der Waals surface area contributed by atoms with Crippen molar-refractivity contribution in [1.82, 2.24) is 0 Å². The van der Waals surface area contributed by atoms with Crippen LogP contribution in [0.25, 0.3) is 0 Å². The molecule has 1 heteroatoms. The normalized spacial score (nSPS) is 15.2. The second kappa shape index (κ2) is 4.14. The van der Waals surface area contributed by atoms with Gasteiger partial charge in [0.05, 0.1) is 5.60 Å². The minimum Gasteiger partial charge on any atom is -0.390 e. The van der Waals surface area contributed by atoms with Gasteiger partial charge in [-0.2, -0.15) is 0 Å². The Morgan fingerprint density at radius 2 is 1.64 bits per heavy atom. The lowest BCUT2D eigenvalue weighted by Crippen LogP contribution is -2.25. The zero-order valence-electron chi connectivity index (χ0n) is 9.59. The van der Waals surface area contributed by atoms with Crippen LogP contribution in [0.15, 0.2) is 18.2 Å². The van der Waals surface area contributed by atoms with Crippen molar-refractivity contribution in [3.05, 3.63) is 34.9 Å². The largest absolute Gasteiger partial charge is 0.390 e. The van der Waals surface area contributed by atoms with E-state index in [-0.39, 0.29) is 0 Å². The zero-order valence-corrected chi connectivity index (χ0v) is 9.59. The molecular weight excluding hydrogens is 172 g/mol. The van der Waals surface area contributed by atoms with Gasteiger partial charge in [0.25, 0.3) is 0 Å². The summed E-state index contributed by atoms with van der Waals surface area (Å²) >= 11 is 0. The van der Waals surface area contributed by atoms with E-state index >= 15 is 0 Å². The predicted octanol–water partition coefficient (Wildman–Crippen LogP) is 3.01. The Bertz CT molecular complexity index is 293. The van der Waals surface area contributed by atoms with Crippen LogP contribution in [0.4, 0.5) is 0 Å². The van der Waals surface area contributed by atoms with Crippen LogP contribution in [0.2, 0.25) is 0 Å². The second-order valence-corrected chi connectivity index (χ2v) is 4.52. The topological polar surface area (TPSA) is 20.2 Å². The molecule has 0 amide bonds. The first kappa shape index (κ1) is 11.3. The third-order valence-electron chi connectivity index (χ3n) is 2.63. The van der Waals surface area contributed by atoms with Gasteiger partial charge in [-0.3, -0.25) is 0 Å². The minimum absolute atomic E-state index is 0.569. The van der Waals surface area contributed by atoms with Gasteiger partial charge in [0.15, 0.2) is 0 Å². The molecule has 0 aliphatic rings. The smallest absolute Gasteiger partial charge is 0.0657 e. The Labute approximate surface area is 86.8 Å². The van der Waals surface area contributed by atoms with Crippen LogP contribution in [0.5, 0.6) is 0 Å². The van der Waals surface area contributed by atoms with E-state index in [0.717, 1.165) is 12.8 Å². The highest BCUT2D eigenvalue weighted by Crippen LogP contribution is 2.18. The number of hydrogen-bond acceptors (Lipinski definition) is 1. The summed E-state index contributed by atoms with van der Waals surface area (Å²) in [6.07, 6.45) is 1.53. The summed E-state index contributed by atoms with van der Waals surface area (Å²) in [6, 6.07) is 6.46. The average Bonchev–Trinajstić information content (AvgIpc) is 2.01. The summed E-state index contributed by atoms with van der Waals surface area (Å²) in [4.78, 5) is 0. The fourth-order valence-corrected chi connectivity index (χ4v) is 1.74. The maximum absolute atomic E-state index is 9.96. The standard InChI is InChI=1S/C13H20O/c1-5-13(4,14)9-12-7-10(2)6-11(3)8-12/h6-8,14H,5,9H2,1-4H3. The van der Waals surface area contributed by atoms with Crippen LogP contribution in [0.3, 0.4) is 0 Å². The molecule has 0 fully saturated rings. The first-order valence-electron chi connectivity index (χ1n) is 5.22. The van der Waals surface area contributed by atoms with Gasteiger partial charge < -0.3 is 5.11 Å². The van der Waals surface area contributed by atoms with Crippen molar-refractivity contribution in [2.24, 2.45) is 0 Å². The summed E-state index contributed by atoms with van der Waals surface area (Å²) in [5.74, 6) is 0. The van der Waals surface area contributed by atoms with E-state index in [1.165, 1.54) is 16.7 Å². The molecule has 14 heavy (non-hydrogen) atoms. The molecule has 1 aromatic carbocycles. The fraction of sp³-hybridized carbons (Fsp3) is 0.538. The van der Waals surface area contributed by atoms with Gasteiger partial charge in [-0.1, -0.05) is 36.2 Å². The third kappa shape index (κ3) is 3.15. The van der Waals surface area contributed by atoms with Crippen molar-refractivity contribution >= 4 is 0 Å². The molecule has 0 radical (unpaired) electrons. The molecule has 1 rings (SSSR count). The molecule has 0 aromatic heterocycles. The number of hydrogen-bond donors (Lipinski definition) is 1. The maximum atomic E-state index is 9.96. The molecule has 0 bridgehead atoms. The second-order valence-electron chi connectivity index (χ2n) is 4.52. The van der Waals surface area contributed by atoms with Crippen LogP contribution in [-0.4, -0.2) is 10.7 Å². The minimum atomic E-state index is -0.569. The number of benzene rings is 1. The molecule has 0 saturated carbocycles. The molecule has 1 unspecified atom stereocenters. The lowest BCUT2D eigenvalue weighted by Gasteiger charge is -2.21. The molecule has 0 spiro atoms. The van der Waals surface area contributed by atoms with Gasteiger partial charge >= 0.3 is 0 Å². The quantitative estimate of drug-likeness (QED) is 0.780. The Kier molecular flexibility index (Phi) is 3.33. The highest BCUT2D eigenvalue weighted by Gasteiger charge is 2.17. The molecule has 1 aromatic rings. The Balaban J connectivity index is 2.87. The first-order valence-corrected chi connectivity index (χ1v) is 5.22. The molecule has 1 atom stereocenters. The lowest BCUT2D eigenvalue weighted by atomic mass is 9.92. The molecule has 0 heterocycles. The summed E-state index contributed by atoms with van der Waals surface area (Å²) in [6.45, 7) is 8.10. The highest BCUT2D eigenvalue weighted by molar-refractivity contribution is 5.29. The summed E-state index contributed by atoms with van der Waals surface area (Å²) in [5.41, 5.74) is 3.20. The number of aryl methyl sites for hydroxylation is 2. The van der Waals surface area contributed by atoms with E-state index in [0.29, 0.717) is 0 Å². The lowest BCUT2D eigenvalue weighted by molar-refractivity contribution is 0.0564.